The molecule has 0 amide bonds. The van der Waals surface area contributed by atoms with Gasteiger partial charge in [-0.1, -0.05) is 36.7 Å². The summed E-state index contributed by atoms with van der Waals surface area (Å²) in [7, 11) is 0. The highest BCUT2D eigenvalue weighted by molar-refractivity contribution is 9.11. The molecule has 0 spiro atoms. The van der Waals surface area contributed by atoms with Crippen LogP contribution in [0.1, 0.15) is 29.8 Å². The Morgan fingerprint density at radius 3 is 2.95 bits per heavy atom. The highest BCUT2D eigenvalue weighted by atomic mass is 79.9. The van der Waals surface area contributed by atoms with Crippen molar-refractivity contribution in [2.24, 2.45) is 0 Å². The molecule has 1 aliphatic rings. The van der Waals surface area contributed by atoms with E-state index in [4.69, 9.17) is 16.3 Å². The maximum atomic E-state index is 6.20. The zero-order valence-electron chi connectivity index (χ0n) is 11.7. The smallest absolute Gasteiger partial charge is 0.123 e. The monoisotopic (exact) mass is 385 g/mol. The van der Waals surface area contributed by atoms with Crippen LogP contribution in [0.5, 0.6) is 5.75 Å². The largest absolute Gasteiger partial charge is 0.488 e. The first-order chi connectivity index (χ1) is 10.2. The van der Waals surface area contributed by atoms with Gasteiger partial charge in [-0.25, -0.2) is 0 Å². The van der Waals surface area contributed by atoms with Crippen molar-refractivity contribution in [1.29, 1.82) is 0 Å². The lowest BCUT2D eigenvalue weighted by Gasteiger charge is -2.23. The molecule has 0 fully saturated rings. The summed E-state index contributed by atoms with van der Waals surface area (Å²) >= 11 is 11.4. The molecule has 0 aliphatic carbocycles. The predicted octanol–water partition coefficient (Wildman–Crippen LogP) is 5.21. The van der Waals surface area contributed by atoms with Gasteiger partial charge in [0, 0.05) is 11.3 Å². The van der Waals surface area contributed by atoms with Crippen LogP contribution < -0.4 is 10.1 Å². The topological polar surface area (TPSA) is 21.3 Å². The Morgan fingerprint density at radius 2 is 2.29 bits per heavy atom. The maximum absolute atomic E-state index is 6.20. The van der Waals surface area contributed by atoms with Crippen molar-refractivity contribution in [2.75, 3.05) is 6.54 Å². The number of thiophene rings is 1. The summed E-state index contributed by atoms with van der Waals surface area (Å²) in [4.78, 5) is 1.22. The summed E-state index contributed by atoms with van der Waals surface area (Å²) < 4.78 is 7.14. The number of rotatable bonds is 5. The number of halogens is 2. The minimum atomic E-state index is 0.121. The van der Waals surface area contributed by atoms with Crippen molar-refractivity contribution in [2.45, 2.75) is 31.9 Å². The SMILES string of the molecule is CCCNC(c1cc(Cl)c(Br)s1)C1Cc2ccccc2O1. The number of benzene rings is 1. The number of ether oxygens (including phenoxy) is 1. The zero-order valence-corrected chi connectivity index (χ0v) is 14.9. The van der Waals surface area contributed by atoms with E-state index in [-0.39, 0.29) is 12.1 Å². The lowest BCUT2D eigenvalue weighted by molar-refractivity contribution is 0.180. The Morgan fingerprint density at radius 1 is 1.48 bits per heavy atom. The van der Waals surface area contributed by atoms with E-state index in [1.54, 1.807) is 11.3 Å². The number of hydrogen-bond donors (Lipinski definition) is 1. The van der Waals surface area contributed by atoms with Gasteiger partial charge in [-0.05, 0) is 46.6 Å². The second-order valence-electron chi connectivity index (χ2n) is 5.17. The van der Waals surface area contributed by atoms with E-state index in [9.17, 15) is 0 Å². The third kappa shape index (κ3) is 3.29. The Balaban J connectivity index is 1.84. The molecule has 2 atom stereocenters. The molecule has 21 heavy (non-hydrogen) atoms. The Bertz CT molecular complexity index is 586. The quantitative estimate of drug-likeness (QED) is 0.761. The van der Waals surface area contributed by atoms with Crippen molar-refractivity contribution in [3.05, 3.63) is 49.6 Å². The van der Waals surface area contributed by atoms with Gasteiger partial charge in [0.1, 0.15) is 11.9 Å². The van der Waals surface area contributed by atoms with Crippen LogP contribution in [0.25, 0.3) is 0 Å². The van der Waals surface area contributed by atoms with Gasteiger partial charge in [0.05, 0.1) is 14.9 Å². The molecule has 0 saturated heterocycles. The molecule has 1 aliphatic heterocycles. The molecule has 112 valence electrons. The van der Waals surface area contributed by atoms with Gasteiger partial charge in [-0.3, -0.25) is 0 Å². The van der Waals surface area contributed by atoms with Crippen molar-refractivity contribution in [3.8, 4) is 5.75 Å². The van der Waals surface area contributed by atoms with Crippen LogP contribution in [0.2, 0.25) is 5.02 Å². The molecular formula is C16H17BrClNOS. The second-order valence-corrected chi connectivity index (χ2v) is 7.98. The minimum Gasteiger partial charge on any atom is -0.488 e. The van der Waals surface area contributed by atoms with E-state index >= 15 is 0 Å². The normalized spacial score (nSPS) is 18.3. The molecule has 1 aromatic carbocycles. The van der Waals surface area contributed by atoms with Gasteiger partial charge < -0.3 is 10.1 Å². The molecule has 2 heterocycles. The number of para-hydroxylation sites is 1. The van der Waals surface area contributed by atoms with E-state index in [1.165, 1.54) is 10.4 Å². The van der Waals surface area contributed by atoms with Crippen molar-refractivity contribution in [1.82, 2.24) is 5.32 Å². The van der Waals surface area contributed by atoms with Crippen LogP contribution in [0.3, 0.4) is 0 Å². The van der Waals surface area contributed by atoms with Crippen molar-refractivity contribution >= 4 is 38.9 Å². The molecule has 2 aromatic rings. The molecule has 0 bridgehead atoms. The van der Waals surface area contributed by atoms with Crippen LogP contribution in [0, 0.1) is 0 Å². The van der Waals surface area contributed by atoms with Crippen LogP contribution in [-0.2, 0) is 6.42 Å². The molecule has 0 saturated carbocycles. The molecule has 5 heteroatoms. The first-order valence-corrected chi connectivity index (χ1v) is 9.10. The van der Waals surface area contributed by atoms with Crippen LogP contribution in [0.15, 0.2) is 34.1 Å². The summed E-state index contributed by atoms with van der Waals surface area (Å²) in [6.45, 7) is 3.14. The Kier molecular flexibility index (Phi) is 4.89. The van der Waals surface area contributed by atoms with Crippen LogP contribution >= 0.6 is 38.9 Å². The van der Waals surface area contributed by atoms with Gasteiger partial charge in [0.25, 0.3) is 0 Å². The summed E-state index contributed by atoms with van der Waals surface area (Å²) in [5.74, 6) is 1.01. The minimum absolute atomic E-state index is 0.121. The second kappa shape index (κ2) is 6.69. The lowest BCUT2D eigenvalue weighted by atomic mass is 10.0. The third-order valence-electron chi connectivity index (χ3n) is 3.63. The van der Waals surface area contributed by atoms with Crippen molar-refractivity contribution in [3.63, 3.8) is 0 Å². The average Bonchev–Trinajstić information content (AvgIpc) is 3.04. The average molecular weight is 387 g/mol. The van der Waals surface area contributed by atoms with E-state index in [0.717, 1.165) is 33.9 Å². The first-order valence-electron chi connectivity index (χ1n) is 7.11. The molecule has 2 unspecified atom stereocenters. The summed E-state index contributed by atoms with van der Waals surface area (Å²) in [6.07, 6.45) is 2.15. The van der Waals surface area contributed by atoms with E-state index < -0.39 is 0 Å². The molecule has 0 radical (unpaired) electrons. The van der Waals surface area contributed by atoms with E-state index in [2.05, 4.69) is 40.3 Å². The summed E-state index contributed by atoms with van der Waals surface area (Å²) in [5.41, 5.74) is 1.28. The molecule has 2 nitrogen and oxygen atoms in total. The van der Waals surface area contributed by atoms with Crippen molar-refractivity contribution < 1.29 is 4.74 Å². The highest BCUT2D eigenvalue weighted by Crippen LogP contribution is 2.40. The van der Waals surface area contributed by atoms with Crippen LogP contribution in [-0.4, -0.2) is 12.6 Å². The zero-order chi connectivity index (χ0) is 14.8. The molecule has 3 rings (SSSR count). The number of hydrogen-bond acceptors (Lipinski definition) is 3. The predicted molar refractivity (Wildman–Crippen MR) is 92.6 cm³/mol. The highest BCUT2D eigenvalue weighted by Gasteiger charge is 2.32. The van der Waals surface area contributed by atoms with Gasteiger partial charge in [-0.2, -0.15) is 0 Å². The first kappa shape index (κ1) is 15.3. The van der Waals surface area contributed by atoms with E-state index in [1.807, 2.05) is 18.2 Å². The van der Waals surface area contributed by atoms with Gasteiger partial charge >= 0.3 is 0 Å². The summed E-state index contributed by atoms with van der Waals surface area (Å²) in [6, 6.07) is 10.5. The Hall–Kier alpha value is -0.550. The molecule has 1 aromatic heterocycles. The number of nitrogens with one attached hydrogen (secondary N) is 1. The summed E-state index contributed by atoms with van der Waals surface area (Å²) in [5, 5.41) is 4.38. The van der Waals surface area contributed by atoms with E-state index in [0.29, 0.717) is 0 Å². The fourth-order valence-corrected chi connectivity index (χ4v) is 4.50. The lowest BCUT2D eigenvalue weighted by Crippen LogP contribution is -2.34. The number of fused-ring (bicyclic) bond motifs is 1. The van der Waals surface area contributed by atoms with Gasteiger partial charge in [0.2, 0.25) is 0 Å². The standard InChI is InChI=1S/C16H17BrClNOS/c1-2-7-19-15(14-9-11(18)16(17)21-14)13-8-10-5-3-4-6-12(10)20-13/h3-6,9,13,15,19H,2,7-8H2,1H3. The molecule has 1 N–H and O–H groups in total. The molecular weight excluding hydrogens is 370 g/mol. The fraction of sp³-hybridized carbons (Fsp3) is 0.375. The third-order valence-corrected chi connectivity index (χ3v) is 6.19. The van der Waals surface area contributed by atoms with Crippen LogP contribution in [0.4, 0.5) is 0 Å². The maximum Gasteiger partial charge on any atom is 0.123 e. The van der Waals surface area contributed by atoms with Gasteiger partial charge in [-0.15, -0.1) is 11.3 Å². The van der Waals surface area contributed by atoms with Gasteiger partial charge in [0.15, 0.2) is 0 Å². The Labute approximate surface area is 142 Å². The fourth-order valence-electron chi connectivity index (χ4n) is 2.63.